The molecule has 1 heterocycles. The summed E-state index contributed by atoms with van der Waals surface area (Å²) in [6.45, 7) is 8.11. The molecule has 4 nitrogen and oxygen atoms in total. The molecule has 1 aliphatic rings. The summed E-state index contributed by atoms with van der Waals surface area (Å²) in [5, 5.41) is 3.40. The first kappa shape index (κ1) is 16.2. The molecular weight excluding hydrogens is 240 g/mol. The molecule has 2 atom stereocenters. The van der Waals surface area contributed by atoms with Gasteiger partial charge in [0.15, 0.2) is 0 Å². The SMILES string of the molecule is CCCCC(CCC)NC1CC(=O)N(C(C)C)C1=O. The van der Waals surface area contributed by atoms with E-state index >= 15 is 0 Å². The Morgan fingerprint density at radius 1 is 1.21 bits per heavy atom. The van der Waals surface area contributed by atoms with Gasteiger partial charge in [-0.15, -0.1) is 0 Å². The molecule has 110 valence electrons. The number of unbranched alkanes of at least 4 members (excludes halogenated alkanes) is 1. The van der Waals surface area contributed by atoms with E-state index in [-0.39, 0.29) is 23.9 Å². The lowest BCUT2D eigenvalue weighted by molar-refractivity contribution is -0.140. The largest absolute Gasteiger partial charge is 0.303 e. The topological polar surface area (TPSA) is 49.4 Å². The summed E-state index contributed by atoms with van der Waals surface area (Å²) in [6, 6.07) is 0.0224. The molecule has 4 heteroatoms. The van der Waals surface area contributed by atoms with Gasteiger partial charge in [-0.1, -0.05) is 33.1 Å². The molecule has 0 spiro atoms. The Morgan fingerprint density at radius 2 is 1.89 bits per heavy atom. The summed E-state index contributed by atoms with van der Waals surface area (Å²) in [5.74, 6) is -0.0826. The zero-order valence-corrected chi connectivity index (χ0v) is 12.7. The van der Waals surface area contributed by atoms with E-state index in [0.717, 1.165) is 25.7 Å². The molecule has 0 radical (unpaired) electrons. The molecule has 1 aliphatic heterocycles. The van der Waals surface area contributed by atoms with Crippen molar-refractivity contribution < 1.29 is 9.59 Å². The normalized spacial score (nSPS) is 21.5. The third-order valence-electron chi connectivity index (χ3n) is 3.68. The van der Waals surface area contributed by atoms with Crippen LogP contribution in [0.25, 0.3) is 0 Å². The molecule has 1 saturated heterocycles. The second-order valence-electron chi connectivity index (χ2n) is 5.75. The van der Waals surface area contributed by atoms with Crippen LogP contribution in [0.2, 0.25) is 0 Å². The number of nitrogens with one attached hydrogen (secondary N) is 1. The highest BCUT2D eigenvalue weighted by molar-refractivity contribution is 6.05. The Morgan fingerprint density at radius 3 is 2.37 bits per heavy atom. The summed E-state index contributed by atoms with van der Waals surface area (Å²) in [5.41, 5.74) is 0. The summed E-state index contributed by atoms with van der Waals surface area (Å²) in [4.78, 5) is 25.5. The maximum Gasteiger partial charge on any atom is 0.247 e. The molecule has 0 aromatic heterocycles. The van der Waals surface area contributed by atoms with Crippen molar-refractivity contribution in [3.63, 3.8) is 0 Å². The molecule has 2 amide bonds. The number of imide groups is 1. The van der Waals surface area contributed by atoms with Gasteiger partial charge in [-0.2, -0.15) is 0 Å². The van der Waals surface area contributed by atoms with E-state index in [1.807, 2.05) is 13.8 Å². The molecular formula is C15H28N2O2. The number of rotatable bonds is 8. The fraction of sp³-hybridized carbons (Fsp3) is 0.867. The molecule has 0 aliphatic carbocycles. The highest BCUT2D eigenvalue weighted by Crippen LogP contribution is 2.18. The molecule has 0 aromatic carbocycles. The van der Waals surface area contributed by atoms with E-state index in [4.69, 9.17) is 0 Å². The van der Waals surface area contributed by atoms with Crippen LogP contribution in [0.3, 0.4) is 0 Å². The van der Waals surface area contributed by atoms with Crippen LogP contribution in [-0.2, 0) is 9.59 Å². The van der Waals surface area contributed by atoms with Gasteiger partial charge in [-0.3, -0.25) is 14.5 Å². The van der Waals surface area contributed by atoms with Gasteiger partial charge in [0.1, 0.15) is 0 Å². The molecule has 0 bridgehead atoms. The summed E-state index contributed by atoms with van der Waals surface area (Å²) in [6.07, 6.45) is 5.91. The van der Waals surface area contributed by atoms with Crippen molar-refractivity contribution in [2.24, 2.45) is 0 Å². The Bertz CT molecular complexity index is 315. The van der Waals surface area contributed by atoms with Crippen molar-refractivity contribution >= 4 is 11.8 Å². The average Bonchev–Trinajstić information content (AvgIpc) is 2.61. The number of carbonyl (C=O) groups excluding carboxylic acids is 2. The monoisotopic (exact) mass is 268 g/mol. The van der Waals surface area contributed by atoms with Crippen LogP contribution in [0.15, 0.2) is 0 Å². The predicted octanol–water partition coefficient (Wildman–Crippen LogP) is 2.47. The number of amides is 2. The van der Waals surface area contributed by atoms with E-state index in [1.54, 1.807) is 0 Å². The summed E-state index contributed by atoms with van der Waals surface area (Å²) in [7, 11) is 0. The summed E-state index contributed by atoms with van der Waals surface area (Å²) < 4.78 is 0. The standard InChI is InChI=1S/C15H28N2O2/c1-5-7-9-12(8-6-2)16-13-10-14(18)17(11(3)4)15(13)19/h11-13,16H,5-10H2,1-4H3. The van der Waals surface area contributed by atoms with Gasteiger partial charge in [-0.05, 0) is 26.7 Å². The molecule has 0 aromatic rings. The Labute approximate surface area is 116 Å². The van der Waals surface area contributed by atoms with Crippen LogP contribution in [-0.4, -0.2) is 34.8 Å². The van der Waals surface area contributed by atoms with E-state index in [9.17, 15) is 9.59 Å². The molecule has 1 rings (SSSR count). The molecule has 1 fully saturated rings. The van der Waals surface area contributed by atoms with Gasteiger partial charge in [0.2, 0.25) is 11.8 Å². The smallest absolute Gasteiger partial charge is 0.247 e. The van der Waals surface area contributed by atoms with Gasteiger partial charge in [0.05, 0.1) is 12.5 Å². The second-order valence-corrected chi connectivity index (χ2v) is 5.75. The van der Waals surface area contributed by atoms with Crippen LogP contribution < -0.4 is 5.32 Å². The van der Waals surface area contributed by atoms with Gasteiger partial charge in [-0.25, -0.2) is 0 Å². The third kappa shape index (κ3) is 4.30. The Balaban J connectivity index is 2.60. The van der Waals surface area contributed by atoms with Crippen molar-refractivity contribution in [1.29, 1.82) is 0 Å². The number of carbonyl (C=O) groups is 2. The first-order chi connectivity index (χ1) is 9.01. The van der Waals surface area contributed by atoms with E-state index < -0.39 is 0 Å². The highest BCUT2D eigenvalue weighted by atomic mass is 16.2. The zero-order valence-electron chi connectivity index (χ0n) is 12.7. The average molecular weight is 268 g/mol. The minimum absolute atomic E-state index is 0.0351. The number of hydrogen-bond acceptors (Lipinski definition) is 3. The lowest BCUT2D eigenvalue weighted by Gasteiger charge is -2.23. The van der Waals surface area contributed by atoms with Crippen molar-refractivity contribution in [2.45, 2.75) is 84.3 Å². The Kier molecular flexibility index (Phi) is 6.49. The molecule has 19 heavy (non-hydrogen) atoms. The van der Waals surface area contributed by atoms with Crippen molar-refractivity contribution in [1.82, 2.24) is 10.2 Å². The lowest BCUT2D eigenvalue weighted by Crippen LogP contribution is -2.45. The maximum atomic E-state index is 12.2. The zero-order chi connectivity index (χ0) is 14.4. The van der Waals surface area contributed by atoms with E-state index in [2.05, 4.69) is 19.2 Å². The number of hydrogen-bond donors (Lipinski definition) is 1. The van der Waals surface area contributed by atoms with E-state index in [0.29, 0.717) is 12.5 Å². The van der Waals surface area contributed by atoms with Crippen molar-refractivity contribution in [3.8, 4) is 0 Å². The summed E-state index contributed by atoms with van der Waals surface area (Å²) >= 11 is 0. The quantitative estimate of drug-likeness (QED) is 0.688. The van der Waals surface area contributed by atoms with E-state index in [1.165, 1.54) is 11.3 Å². The second kappa shape index (κ2) is 7.63. The molecule has 0 saturated carbocycles. The van der Waals surface area contributed by atoms with Gasteiger partial charge < -0.3 is 5.32 Å². The van der Waals surface area contributed by atoms with Crippen LogP contribution in [0.5, 0.6) is 0 Å². The van der Waals surface area contributed by atoms with Crippen LogP contribution in [0.1, 0.15) is 66.2 Å². The fourth-order valence-electron chi connectivity index (χ4n) is 2.72. The van der Waals surface area contributed by atoms with Crippen LogP contribution >= 0.6 is 0 Å². The van der Waals surface area contributed by atoms with Gasteiger partial charge >= 0.3 is 0 Å². The molecule has 1 N–H and O–H groups in total. The number of likely N-dealkylation sites (tertiary alicyclic amines) is 1. The maximum absolute atomic E-state index is 12.2. The third-order valence-corrected chi connectivity index (χ3v) is 3.68. The predicted molar refractivity (Wildman–Crippen MR) is 76.8 cm³/mol. The first-order valence-corrected chi connectivity index (χ1v) is 7.63. The van der Waals surface area contributed by atoms with Gasteiger partial charge in [0.25, 0.3) is 0 Å². The van der Waals surface area contributed by atoms with Crippen molar-refractivity contribution in [2.75, 3.05) is 0 Å². The van der Waals surface area contributed by atoms with Crippen LogP contribution in [0, 0.1) is 0 Å². The first-order valence-electron chi connectivity index (χ1n) is 7.63. The fourth-order valence-corrected chi connectivity index (χ4v) is 2.72. The highest BCUT2D eigenvalue weighted by Gasteiger charge is 2.40. The van der Waals surface area contributed by atoms with Crippen LogP contribution in [0.4, 0.5) is 0 Å². The lowest BCUT2D eigenvalue weighted by atomic mass is 10.0. The Hall–Kier alpha value is -0.900. The number of nitrogens with zero attached hydrogens (tertiary/aromatic N) is 1. The minimum atomic E-state index is -0.302. The minimum Gasteiger partial charge on any atom is -0.303 e. The van der Waals surface area contributed by atoms with Crippen molar-refractivity contribution in [3.05, 3.63) is 0 Å². The van der Waals surface area contributed by atoms with Gasteiger partial charge in [0, 0.05) is 12.1 Å². The molecule has 2 unspecified atom stereocenters.